The first-order valence-corrected chi connectivity index (χ1v) is 6.18. The van der Waals surface area contributed by atoms with Crippen molar-refractivity contribution in [2.75, 3.05) is 5.73 Å². The number of carbonyl (C=O) groups is 1. The van der Waals surface area contributed by atoms with E-state index in [1.165, 1.54) is 24.3 Å². The number of aromatic nitrogens is 1. The van der Waals surface area contributed by atoms with Gasteiger partial charge in [0.1, 0.15) is 5.82 Å². The van der Waals surface area contributed by atoms with Crippen molar-refractivity contribution >= 4 is 46.6 Å². The predicted octanol–water partition coefficient (Wildman–Crippen LogP) is 3.99. The van der Waals surface area contributed by atoms with Crippen LogP contribution in [0.3, 0.4) is 0 Å². The summed E-state index contributed by atoms with van der Waals surface area (Å²) in [5.74, 6) is -1.10. The van der Waals surface area contributed by atoms with E-state index >= 15 is 0 Å². The fourth-order valence-electron chi connectivity index (χ4n) is 1.58. The van der Waals surface area contributed by atoms with E-state index in [0.717, 1.165) is 0 Å². The molecule has 4 nitrogen and oxygen atoms in total. The number of benzene rings is 1. The zero-order chi connectivity index (χ0) is 14.2. The molecule has 0 aliphatic heterocycles. The highest BCUT2D eigenvalue weighted by Crippen LogP contribution is 2.36. The molecule has 0 aliphatic rings. The summed E-state index contributed by atoms with van der Waals surface area (Å²) in [5.41, 5.74) is 6.04. The molecule has 0 radical (unpaired) electrons. The van der Waals surface area contributed by atoms with Gasteiger partial charge in [-0.2, -0.15) is 0 Å². The number of carboxylic acids is 1. The lowest BCUT2D eigenvalue weighted by Crippen LogP contribution is -2.05. The molecule has 2 aromatic rings. The minimum atomic E-state index is -1.20. The molecular formula is C12H7Cl3N2O2. The van der Waals surface area contributed by atoms with E-state index in [9.17, 15) is 4.79 Å². The molecule has 0 unspecified atom stereocenters. The SMILES string of the molecule is Nc1ccc(-c2cc(Cl)c(Cl)cc2Cl)c(C(=O)O)n1. The predicted molar refractivity (Wildman–Crippen MR) is 76.1 cm³/mol. The molecule has 3 N–H and O–H groups in total. The van der Waals surface area contributed by atoms with Crippen molar-refractivity contribution in [2.24, 2.45) is 0 Å². The maximum absolute atomic E-state index is 11.2. The second kappa shape index (κ2) is 5.25. The summed E-state index contributed by atoms with van der Waals surface area (Å²) in [5, 5.41) is 9.99. The molecule has 19 heavy (non-hydrogen) atoms. The van der Waals surface area contributed by atoms with Crippen LogP contribution in [0, 0.1) is 0 Å². The van der Waals surface area contributed by atoms with Crippen LogP contribution in [0.1, 0.15) is 10.5 Å². The van der Waals surface area contributed by atoms with Gasteiger partial charge in [0.25, 0.3) is 0 Å². The van der Waals surface area contributed by atoms with Crippen LogP contribution in [0.5, 0.6) is 0 Å². The molecule has 0 saturated heterocycles. The van der Waals surface area contributed by atoms with Crippen molar-refractivity contribution < 1.29 is 9.90 Å². The Balaban J connectivity index is 2.72. The molecule has 7 heteroatoms. The molecule has 0 aliphatic carbocycles. The van der Waals surface area contributed by atoms with Gasteiger partial charge < -0.3 is 10.8 Å². The topological polar surface area (TPSA) is 76.2 Å². The van der Waals surface area contributed by atoms with Crippen LogP contribution in [0.2, 0.25) is 15.1 Å². The third kappa shape index (κ3) is 2.76. The third-order valence-corrected chi connectivity index (χ3v) is 3.45. The minimum absolute atomic E-state index is 0.109. The fraction of sp³-hybridized carbons (Fsp3) is 0. The van der Waals surface area contributed by atoms with Gasteiger partial charge in [0, 0.05) is 11.1 Å². The van der Waals surface area contributed by atoms with Gasteiger partial charge in [-0.3, -0.25) is 0 Å². The quantitative estimate of drug-likeness (QED) is 0.821. The Morgan fingerprint density at radius 1 is 1.05 bits per heavy atom. The second-order valence-electron chi connectivity index (χ2n) is 3.68. The summed E-state index contributed by atoms with van der Waals surface area (Å²) in [4.78, 5) is 15.0. The van der Waals surface area contributed by atoms with E-state index < -0.39 is 5.97 Å². The Hall–Kier alpha value is -1.49. The summed E-state index contributed by atoms with van der Waals surface area (Å²) < 4.78 is 0. The first kappa shape index (κ1) is 13.9. The Kier molecular flexibility index (Phi) is 3.85. The highest BCUT2D eigenvalue weighted by molar-refractivity contribution is 6.44. The largest absolute Gasteiger partial charge is 0.476 e. The van der Waals surface area contributed by atoms with Crippen LogP contribution in [-0.4, -0.2) is 16.1 Å². The Morgan fingerprint density at radius 3 is 2.32 bits per heavy atom. The molecule has 0 amide bonds. The normalized spacial score (nSPS) is 10.5. The summed E-state index contributed by atoms with van der Waals surface area (Å²) in [6, 6.07) is 5.95. The van der Waals surface area contributed by atoms with Crippen molar-refractivity contribution in [3.63, 3.8) is 0 Å². The number of hydrogen-bond donors (Lipinski definition) is 2. The van der Waals surface area contributed by atoms with Crippen LogP contribution in [0.25, 0.3) is 11.1 Å². The number of nitrogens with zero attached hydrogens (tertiary/aromatic N) is 1. The summed E-state index contributed by atoms with van der Waals surface area (Å²) >= 11 is 17.8. The third-order valence-electron chi connectivity index (χ3n) is 2.42. The number of nitrogens with two attached hydrogens (primary N) is 1. The Morgan fingerprint density at radius 2 is 1.68 bits per heavy atom. The van der Waals surface area contributed by atoms with Crippen LogP contribution in [0.15, 0.2) is 24.3 Å². The lowest BCUT2D eigenvalue weighted by molar-refractivity contribution is 0.0691. The van der Waals surface area contributed by atoms with E-state index in [2.05, 4.69) is 4.98 Å². The number of halogens is 3. The first-order chi connectivity index (χ1) is 8.90. The van der Waals surface area contributed by atoms with Crippen molar-refractivity contribution in [3.05, 3.63) is 45.0 Å². The Bertz CT molecular complexity index is 674. The number of carboxylic acid groups (broad SMARTS) is 1. The van der Waals surface area contributed by atoms with Crippen LogP contribution >= 0.6 is 34.8 Å². The number of nitrogen functional groups attached to an aromatic ring is 1. The number of rotatable bonds is 2. The molecular weight excluding hydrogens is 311 g/mol. The molecule has 1 heterocycles. The maximum atomic E-state index is 11.2. The minimum Gasteiger partial charge on any atom is -0.476 e. The first-order valence-electron chi connectivity index (χ1n) is 5.05. The lowest BCUT2D eigenvalue weighted by Gasteiger charge is -2.09. The van der Waals surface area contributed by atoms with Crippen molar-refractivity contribution in [3.8, 4) is 11.1 Å². The zero-order valence-electron chi connectivity index (χ0n) is 9.32. The van der Waals surface area contributed by atoms with Crippen LogP contribution < -0.4 is 5.73 Å². The fourth-order valence-corrected chi connectivity index (χ4v) is 2.23. The number of pyridine rings is 1. The summed E-state index contributed by atoms with van der Waals surface area (Å²) in [7, 11) is 0. The van der Waals surface area contributed by atoms with Gasteiger partial charge in [0.15, 0.2) is 5.69 Å². The second-order valence-corrected chi connectivity index (χ2v) is 4.91. The monoisotopic (exact) mass is 316 g/mol. The highest BCUT2D eigenvalue weighted by atomic mass is 35.5. The zero-order valence-corrected chi connectivity index (χ0v) is 11.6. The van der Waals surface area contributed by atoms with Gasteiger partial charge >= 0.3 is 5.97 Å². The lowest BCUT2D eigenvalue weighted by atomic mass is 10.0. The average molecular weight is 318 g/mol. The van der Waals surface area contributed by atoms with Gasteiger partial charge in [-0.25, -0.2) is 9.78 Å². The van der Waals surface area contributed by atoms with E-state index in [0.29, 0.717) is 11.1 Å². The van der Waals surface area contributed by atoms with Gasteiger partial charge in [-0.15, -0.1) is 0 Å². The molecule has 1 aromatic carbocycles. The van der Waals surface area contributed by atoms with Gasteiger partial charge in [-0.05, 0) is 24.3 Å². The molecule has 0 fully saturated rings. The summed E-state index contributed by atoms with van der Waals surface area (Å²) in [6.45, 7) is 0. The van der Waals surface area contributed by atoms with Crippen LogP contribution in [0.4, 0.5) is 5.82 Å². The van der Waals surface area contributed by atoms with Crippen molar-refractivity contribution in [1.29, 1.82) is 0 Å². The molecule has 1 aromatic heterocycles. The van der Waals surface area contributed by atoms with Gasteiger partial charge in [-0.1, -0.05) is 34.8 Å². The highest BCUT2D eigenvalue weighted by Gasteiger charge is 2.17. The number of hydrogen-bond acceptors (Lipinski definition) is 3. The average Bonchev–Trinajstić information content (AvgIpc) is 2.34. The van der Waals surface area contributed by atoms with Gasteiger partial charge in [0.2, 0.25) is 0 Å². The Labute approximate surface area is 123 Å². The number of anilines is 1. The molecule has 0 saturated carbocycles. The van der Waals surface area contributed by atoms with E-state index in [-0.39, 0.29) is 26.6 Å². The van der Waals surface area contributed by atoms with E-state index in [1.54, 1.807) is 0 Å². The molecule has 0 atom stereocenters. The molecule has 0 bridgehead atoms. The molecule has 0 spiro atoms. The standard InChI is InChI=1S/C12H7Cl3N2O2/c13-7-4-9(15)8(14)3-6(7)5-1-2-10(16)17-11(5)12(18)19/h1-4H,(H2,16,17)(H,18,19). The molecule has 98 valence electrons. The molecule has 2 rings (SSSR count). The number of aromatic carboxylic acids is 1. The van der Waals surface area contributed by atoms with Crippen LogP contribution in [-0.2, 0) is 0 Å². The van der Waals surface area contributed by atoms with E-state index in [4.69, 9.17) is 45.6 Å². The maximum Gasteiger partial charge on any atom is 0.355 e. The van der Waals surface area contributed by atoms with E-state index in [1.807, 2.05) is 0 Å². The van der Waals surface area contributed by atoms with Crippen molar-refractivity contribution in [1.82, 2.24) is 4.98 Å². The van der Waals surface area contributed by atoms with Gasteiger partial charge in [0.05, 0.1) is 15.1 Å². The van der Waals surface area contributed by atoms with Crippen molar-refractivity contribution in [2.45, 2.75) is 0 Å². The smallest absolute Gasteiger partial charge is 0.355 e. The summed E-state index contributed by atoms with van der Waals surface area (Å²) in [6.07, 6.45) is 0.